The Balaban J connectivity index is 1.37. The van der Waals surface area contributed by atoms with Crippen molar-refractivity contribution in [3.05, 3.63) is 66.2 Å². The Morgan fingerprint density at radius 3 is 2.42 bits per heavy atom. The number of carbonyl (C=O) groups excluding carboxylic acids is 2. The molecule has 2 heterocycles. The SMILES string of the molecule is CCN1C(=O)c2cc(NC(=O)Nc3ccc4c(c3)OCO4)ccc2Oc2ccccc21. The molecule has 0 saturated carbocycles. The first-order chi connectivity index (χ1) is 15.1. The molecule has 2 N–H and O–H groups in total. The molecule has 0 atom stereocenters. The molecule has 0 fully saturated rings. The minimum atomic E-state index is -0.448. The molecular formula is C23H19N3O5. The molecule has 3 aromatic rings. The maximum atomic E-state index is 13.2. The summed E-state index contributed by atoms with van der Waals surface area (Å²) < 4.78 is 16.6. The lowest BCUT2D eigenvalue weighted by atomic mass is 10.1. The topological polar surface area (TPSA) is 89.1 Å². The predicted molar refractivity (Wildman–Crippen MR) is 116 cm³/mol. The van der Waals surface area contributed by atoms with Gasteiger partial charge in [-0.3, -0.25) is 4.79 Å². The second-order valence-corrected chi connectivity index (χ2v) is 6.98. The van der Waals surface area contributed by atoms with Gasteiger partial charge in [0.05, 0.1) is 11.3 Å². The average Bonchev–Trinajstić information content (AvgIpc) is 3.19. The zero-order valence-corrected chi connectivity index (χ0v) is 16.7. The molecule has 31 heavy (non-hydrogen) atoms. The first-order valence-electron chi connectivity index (χ1n) is 9.83. The smallest absolute Gasteiger partial charge is 0.323 e. The number of anilines is 3. The lowest BCUT2D eigenvalue weighted by Crippen LogP contribution is -2.29. The summed E-state index contributed by atoms with van der Waals surface area (Å²) in [6, 6.07) is 17.1. The number of rotatable bonds is 3. The lowest BCUT2D eigenvalue weighted by molar-refractivity contribution is 0.0988. The van der Waals surface area contributed by atoms with E-state index in [1.165, 1.54) is 0 Å². The van der Waals surface area contributed by atoms with E-state index < -0.39 is 6.03 Å². The summed E-state index contributed by atoms with van der Waals surface area (Å²) in [4.78, 5) is 27.3. The van der Waals surface area contributed by atoms with Crippen LogP contribution in [0.1, 0.15) is 17.3 Å². The molecule has 0 bridgehead atoms. The van der Waals surface area contributed by atoms with Crippen LogP contribution in [-0.4, -0.2) is 25.3 Å². The number of urea groups is 1. The van der Waals surface area contributed by atoms with Crippen molar-refractivity contribution in [2.75, 3.05) is 28.9 Å². The number of hydrogen-bond acceptors (Lipinski definition) is 5. The fraction of sp³-hybridized carbons (Fsp3) is 0.130. The zero-order valence-electron chi connectivity index (χ0n) is 16.7. The molecule has 3 aromatic carbocycles. The highest BCUT2D eigenvalue weighted by Gasteiger charge is 2.27. The third-order valence-electron chi connectivity index (χ3n) is 5.04. The van der Waals surface area contributed by atoms with Gasteiger partial charge < -0.3 is 29.7 Å². The molecule has 156 valence electrons. The van der Waals surface area contributed by atoms with Crippen molar-refractivity contribution in [2.45, 2.75) is 6.92 Å². The van der Waals surface area contributed by atoms with Crippen LogP contribution < -0.4 is 29.7 Å². The van der Waals surface area contributed by atoms with Crippen LogP contribution in [0.15, 0.2) is 60.7 Å². The van der Waals surface area contributed by atoms with Gasteiger partial charge in [0.25, 0.3) is 5.91 Å². The number of amides is 3. The van der Waals surface area contributed by atoms with Crippen LogP contribution in [0, 0.1) is 0 Å². The molecule has 2 aliphatic rings. The van der Waals surface area contributed by atoms with E-state index in [0.29, 0.717) is 52.2 Å². The van der Waals surface area contributed by atoms with Gasteiger partial charge in [-0.15, -0.1) is 0 Å². The maximum Gasteiger partial charge on any atom is 0.323 e. The fourth-order valence-corrected chi connectivity index (χ4v) is 3.59. The van der Waals surface area contributed by atoms with Crippen LogP contribution in [0.2, 0.25) is 0 Å². The van der Waals surface area contributed by atoms with Crippen LogP contribution in [0.5, 0.6) is 23.0 Å². The number of ether oxygens (including phenoxy) is 3. The summed E-state index contributed by atoms with van der Waals surface area (Å²) in [7, 11) is 0. The largest absolute Gasteiger partial charge is 0.454 e. The third-order valence-corrected chi connectivity index (χ3v) is 5.04. The highest BCUT2D eigenvalue weighted by atomic mass is 16.7. The van der Waals surface area contributed by atoms with Crippen LogP contribution >= 0.6 is 0 Å². The van der Waals surface area contributed by atoms with Crippen molar-refractivity contribution in [3.8, 4) is 23.0 Å². The van der Waals surface area contributed by atoms with Gasteiger partial charge in [-0.2, -0.15) is 0 Å². The van der Waals surface area contributed by atoms with Crippen molar-refractivity contribution in [1.82, 2.24) is 0 Å². The Morgan fingerprint density at radius 1 is 0.903 bits per heavy atom. The molecule has 8 nitrogen and oxygen atoms in total. The van der Waals surface area contributed by atoms with Gasteiger partial charge in [0.1, 0.15) is 5.75 Å². The molecule has 0 aromatic heterocycles. The van der Waals surface area contributed by atoms with Crippen molar-refractivity contribution in [1.29, 1.82) is 0 Å². The third kappa shape index (κ3) is 3.48. The van der Waals surface area contributed by atoms with Crippen LogP contribution in [0.25, 0.3) is 0 Å². The molecule has 0 aliphatic carbocycles. The fourth-order valence-electron chi connectivity index (χ4n) is 3.59. The Hall–Kier alpha value is -4.20. The number of nitrogens with zero attached hydrogens (tertiary/aromatic N) is 1. The number of nitrogens with one attached hydrogen (secondary N) is 2. The zero-order chi connectivity index (χ0) is 21.4. The minimum Gasteiger partial charge on any atom is -0.454 e. The van der Waals surface area contributed by atoms with Gasteiger partial charge in [-0.05, 0) is 49.4 Å². The maximum absolute atomic E-state index is 13.2. The number of carbonyl (C=O) groups is 2. The van der Waals surface area contributed by atoms with E-state index in [1.54, 1.807) is 41.3 Å². The quantitative estimate of drug-likeness (QED) is 0.637. The molecule has 0 unspecified atom stereocenters. The van der Waals surface area contributed by atoms with Crippen molar-refractivity contribution in [3.63, 3.8) is 0 Å². The first-order valence-corrected chi connectivity index (χ1v) is 9.83. The van der Waals surface area contributed by atoms with E-state index >= 15 is 0 Å². The molecular weight excluding hydrogens is 398 g/mol. The summed E-state index contributed by atoms with van der Waals surface area (Å²) in [6.45, 7) is 2.55. The average molecular weight is 417 g/mol. The Kier molecular flexibility index (Phi) is 4.59. The molecule has 5 rings (SSSR count). The molecule has 0 saturated heterocycles. The first kappa shape index (κ1) is 18.8. The second-order valence-electron chi connectivity index (χ2n) is 6.98. The molecule has 0 radical (unpaired) electrons. The molecule has 2 aliphatic heterocycles. The van der Waals surface area contributed by atoms with Crippen LogP contribution in [-0.2, 0) is 0 Å². The van der Waals surface area contributed by atoms with Crippen molar-refractivity contribution in [2.24, 2.45) is 0 Å². The minimum absolute atomic E-state index is 0.162. The Bertz CT molecular complexity index is 1190. The predicted octanol–water partition coefficient (Wildman–Crippen LogP) is 4.83. The molecule has 0 spiro atoms. The van der Waals surface area contributed by atoms with Gasteiger partial charge in [-0.1, -0.05) is 12.1 Å². The summed E-state index contributed by atoms with van der Waals surface area (Å²) in [5, 5.41) is 5.50. The monoisotopic (exact) mass is 417 g/mol. The van der Waals surface area contributed by atoms with Gasteiger partial charge >= 0.3 is 6.03 Å². The van der Waals surface area contributed by atoms with E-state index in [2.05, 4.69) is 10.6 Å². The summed E-state index contributed by atoms with van der Waals surface area (Å²) in [6.07, 6.45) is 0. The summed E-state index contributed by atoms with van der Waals surface area (Å²) >= 11 is 0. The summed E-state index contributed by atoms with van der Waals surface area (Å²) in [5.74, 6) is 2.07. The summed E-state index contributed by atoms with van der Waals surface area (Å²) in [5.41, 5.74) is 2.11. The van der Waals surface area contributed by atoms with E-state index in [4.69, 9.17) is 14.2 Å². The number of fused-ring (bicyclic) bond motifs is 3. The van der Waals surface area contributed by atoms with Crippen LogP contribution in [0.3, 0.4) is 0 Å². The normalized spacial score (nSPS) is 13.6. The standard InChI is InChI=1S/C23H19N3O5/c1-2-26-17-5-3-4-6-19(17)31-18-9-7-14(11-16(18)22(26)27)24-23(28)25-15-8-10-20-21(12-15)30-13-29-20/h3-12H,2,13H2,1H3,(H2,24,25,28). The Morgan fingerprint density at radius 2 is 1.61 bits per heavy atom. The highest BCUT2D eigenvalue weighted by Crippen LogP contribution is 2.39. The van der Waals surface area contributed by atoms with Crippen molar-refractivity contribution >= 4 is 29.0 Å². The second kappa shape index (κ2) is 7.56. The van der Waals surface area contributed by atoms with E-state index in [1.807, 2.05) is 31.2 Å². The number of benzene rings is 3. The van der Waals surface area contributed by atoms with Gasteiger partial charge in [0, 0.05) is 24.0 Å². The van der Waals surface area contributed by atoms with Crippen molar-refractivity contribution < 1.29 is 23.8 Å². The Labute approximate surface area is 178 Å². The lowest BCUT2D eigenvalue weighted by Gasteiger charge is -2.19. The van der Waals surface area contributed by atoms with E-state index in [-0.39, 0.29) is 12.7 Å². The van der Waals surface area contributed by atoms with Gasteiger partial charge in [0.2, 0.25) is 6.79 Å². The van der Waals surface area contributed by atoms with E-state index in [9.17, 15) is 9.59 Å². The number of para-hydroxylation sites is 2. The number of hydrogen-bond donors (Lipinski definition) is 2. The molecule has 8 heteroatoms. The molecule has 3 amide bonds. The van der Waals surface area contributed by atoms with E-state index in [0.717, 1.165) is 0 Å². The van der Waals surface area contributed by atoms with Gasteiger partial charge in [0.15, 0.2) is 17.2 Å². The highest BCUT2D eigenvalue weighted by molar-refractivity contribution is 6.10. The van der Waals surface area contributed by atoms with Gasteiger partial charge in [-0.25, -0.2) is 4.79 Å². The van der Waals surface area contributed by atoms with Crippen LogP contribution in [0.4, 0.5) is 21.9 Å².